The van der Waals surface area contributed by atoms with E-state index >= 15 is 0 Å². The molecule has 0 bridgehead atoms. The summed E-state index contributed by atoms with van der Waals surface area (Å²) >= 11 is 3.35. The van der Waals surface area contributed by atoms with Crippen molar-refractivity contribution < 1.29 is 0 Å². The Morgan fingerprint density at radius 3 is 2.71 bits per heavy atom. The summed E-state index contributed by atoms with van der Waals surface area (Å²) in [7, 11) is 0. The van der Waals surface area contributed by atoms with Crippen LogP contribution in [0.2, 0.25) is 0 Å². The van der Waals surface area contributed by atoms with Gasteiger partial charge in [-0.05, 0) is 24.1 Å². The minimum atomic E-state index is -0.174. The molecule has 1 rings (SSSR count). The first-order valence-corrected chi connectivity index (χ1v) is 5.09. The molecule has 14 heavy (non-hydrogen) atoms. The molecule has 0 amide bonds. The first kappa shape index (κ1) is 10.8. The summed E-state index contributed by atoms with van der Waals surface area (Å²) in [5, 5.41) is 17.4. The van der Waals surface area contributed by atoms with E-state index in [0.717, 1.165) is 10.0 Å². The summed E-state index contributed by atoms with van der Waals surface area (Å²) in [6, 6.07) is 11.9. The van der Waals surface area contributed by atoms with Gasteiger partial charge >= 0.3 is 0 Å². The molecule has 0 aromatic heterocycles. The summed E-state index contributed by atoms with van der Waals surface area (Å²) in [6.07, 6.45) is 1.02. The fourth-order valence-corrected chi connectivity index (χ4v) is 1.65. The maximum atomic E-state index is 8.92. The van der Waals surface area contributed by atoms with Crippen LogP contribution in [0, 0.1) is 22.7 Å². The molecule has 0 saturated heterocycles. The van der Waals surface area contributed by atoms with Crippen LogP contribution in [0.4, 0.5) is 0 Å². The van der Waals surface area contributed by atoms with Crippen molar-refractivity contribution in [2.75, 3.05) is 0 Å². The molecule has 0 heterocycles. The first-order chi connectivity index (χ1) is 6.77. The Labute approximate surface area is 91.9 Å². The van der Waals surface area contributed by atoms with Crippen LogP contribution in [-0.2, 0) is 0 Å². The lowest BCUT2D eigenvalue weighted by Gasteiger charge is -2.06. The van der Waals surface area contributed by atoms with Crippen LogP contribution in [0.5, 0.6) is 0 Å². The van der Waals surface area contributed by atoms with Gasteiger partial charge in [-0.15, -0.1) is 0 Å². The molecule has 1 atom stereocenters. The van der Waals surface area contributed by atoms with Crippen molar-refractivity contribution in [1.29, 1.82) is 10.5 Å². The standard InChI is InChI=1S/C11H9BrN2/c12-11-5-1-3-9(7-11)10(8-14)4-2-6-13/h1,3,5,7,10H,2,4H2. The zero-order valence-corrected chi connectivity index (χ0v) is 9.16. The highest BCUT2D eigenvalue weighted by Crippen LogP contribution is 2.23. The van der Waals surface area contributed by atoms with E-state index in [1.807, 2.05) is 24.3 Å². The molecule has 70 valence electrons. The van der Waals surface area contributed by atoms with Crippen LogP contribution >= 0.6 is 15.9 Å². The van der Waals surface area contributed by atoms with Crippen molar-refractivity contribution in [1.82, 2.24) is 0 Å². The second-order valence-corrected chi connectivity index (χ2v) is 3.85. The monoisotopic (exact) mass is 248 g/mol. The van der Waals surface area contributed by atoms with E-state index in [0.29, 0.717) is 12.8 Å². The SMILES string of the molecule is N#CCCC(C#N)c1cccc(Br)c1. The van der Waals surface area contributed by atoms with E-state index in [2.05, 4.69) is 28.1 Å². The number of nitriles is 2. The second kappa shape index (κ2) is 5.42. The smallest absolute Gasteiger partial charge is 0.0722 e. The van der Waals surface area contributed by atoms with E-state index < -0.39 is 0 Å². The summed E-state index contributed by atoms with van der Waals surface area (Å²) < 4.78 is 0.965. The van der Waals surface area contributed by atoms with Gasteiger partial charge in [0.1, 0.15) is 0 Å². The summed E-state index contributed by atoms with van der Waals surface area (Å²) in [6.45, 7) is 0. The fourth-order valence-electron chi connectivity index (χ4n) is 1.24. The Bertz CT molecular complexity index is 387. The van der Waals surface area contributed by atoms with Gasteiger partial charge in [0.05, 0.1) is 18.1 Å². The molecule has 2 nitrogen and oxygen atoms in total. The Morgan fingerprint density at radius 2 is 2.14 bits per heavy atom. The quantitative estimate of drug-likeness (QED) is 0.824. The predicted octanol–water partition coefficient (Wildman–Crippen LogP) is 3.36. The largest absolute Gasteiger partial charge is 0.198 e. The summed E-state index contributed by atoms with van der Waals surface area (Å²) in [4.78, 5) is 0. The lowest BCUT2D eigenvalue weighted by atomic mass is 9.96. The van der Waals surface area contributed by atoms with Gasteiger partial charge in [0.2, 0.25) is 0 Å². The third-order valence-corrected chi connectivity index (χ3v) is 2.44. The Morgan fingerprint density at radius 1 is 1.36 bits per heavy atom. The molecule has 3 heteroatoms. The van der Waals surface area contributed by atoms with Gasteiger partial charge in [0, 0.05) is 10.9 Å². The molecule has 0 aliphatic heterocycles. The minimum Gasteiger partial charge on any atom is -0.198 e. The highest BCUT2D eigenvalue weighted by Gasteiger charge is 2.09. The van der Waals surface area contributed by atoms with Gasteiger partial charge in [-0.1, -0.05) is 28.1 Å². The van der Waals surface area contributed by atoms with E-state index in [1.54, 1.807) is 0 Å². The zero-order chi connectivity index (χ0) is 10.4. The number of benzene rings is 1. The zero-order valence-electron chi connectivity index (χ0n) is 7.57. The third kappa shape index (κ3) is 2.87. The Hall–Kier alpha value is -1.32. The third-order valence-electron chi connectivity index (χ3n) is 1.95. The molecule has 1 aromatic rings. The topological polar surface area (TPSA) is 47.6 Å². The lowest BCUT2D eigenvalue weighted by molar-refractivity contribution is 0.767. The molecule has 1 aromatic carbocycles. The van der Waals surface area contributed by atoms with Crippen LogP contribution in [-0.4, -0.2) is 0 Å². The molecule has 0 radical (unpaired) electrons. The van der Waals surface area contributed by atoms with Crippen molar-refractivity contribution in [2.24, 2.45) is 0 Å². The van der Waals surface area contributed by atoms with Gasteiger partial charge in [0.25, 0.3) is 0 Å². The van der Waals surface area contributed by atoms with Gasteiger partial charge in [-0.25, -0.2) is 0 Å². The average Bonchev–Trinajstić information content (AvgIpc) is 2.19. The van der Waals surface area contributed by atoms with Gasteiger partial charge in [0.15, 0.2) is 0 Å². The summed E-state index contributed by atoms with van der Waals surface area (Å²) in [5.41, 5.74) is 0.970. The number of rotatable bonds is 3. The molecule has 1 unspecified atom stereocenters. The maximum Gasteiger partial charge on any atom is 0.0722 e. The number of halogens is 1. The van der Waals surface area contributed by atoms with Crippen molar-refractivity contribution in [3.05, 3.63) is 34.3 Å². The van der Waals surface area contributed by atoms with Crippen LogP contribution in [0.25, 0.3) is 0 Å². The average molecular weight is 249 g/mol. The minimum absolute atomic E-state index is 0.174. The molecule has 0 aliphatic rings. The van der Waals surface area contributed by atoms with Crippen molar-refractivity contribution in [3.8, 4) is 12.1 Å². The van der Waals surface area contributed by atoms with E-state index in [-0.39, 0.29) is 5.92 Å². The number of nitrogens with zero attached hydrogens (tertiary/aromatic N) is 2. The predicted molar refractivity (Wildman–Crippen MR) is 57.3 cm³/mol. The summed E-state index contributed by atoms with van der Waals surface area (Å²) in [5.74, 6) is -0.174. The normalized spacial score (nSPS) is 11.4. The number of hydrogen-bond acceptors (Lipinski definition) is 2. The van der Waals surface area contributed by atoms with Crippen LogP contribution < -0.4 is 0 Å². The first-order valence-electron chi connectivity index (χ1n) is 4.30. The van der Waals surface area contributed by atoms with Crippen LogP contribution in [0.1, 0.15) is 24.3 Å². The molecule has 0 saturated carbocycles. The van der Waals surface area contributed by atoms with Gasteiger partial charge < -0.3 is 0 Å². The molecule has 0 spiro atoms. The highest BCUT2D eigenvalue weighted by atomic mass is 79.9. The molecular formula is C11H9BrN2. The van der Waals surface area contributed by atoms with Crippen molar-refractivity contribution in [2.45, 2.75) is 18.8 Å². The Kier molecular flexibility index (Phi) is 4.16. The lowest BCUT2D eigenvalue weighted by Crippen LogP contribution is -1.94. The van der Waals surface area contributed by atoms with E-state index in [1.165, 1.54) is 0 Å². The van der Waals surface area contributed by atoms with Crippen molar-refractivity contribution >= 4 is 15.9 Å². The fraction of sp³-hybridized carbons (Fsp3) is 0.273. The van der Waals surface area contributed by atoms with Crippen LogP contribution in [0.3, 0.4) is 0 Å². The highest BCUT2D eigenvalue weighted by molar-refractivity contribution is 9.10. The Balaban J connectivity index is 2.81. The second-order valence-electron chi connectivity index (χ2n) is 2.93. The number of hydrogen-bond donors (Lipinski definition) is 0. The van der Waals surface area contributed by atoms with Crippen molar-refractivity contribution in [3.63, 3.8) is 0 Å². The molecule has 0 aliphatic carbocycles. The van der Waals surface area contributed by atoms with Gasteiger partial charge in [-0.2, -0.15) is 10.5 Å². The molecular weight excluding hydrogens is 240 g/mol. The van der Waals surface area contributed by atoms with Crippen LogP contribution in [0.15, 0.2) is 28.7 Å². The van der Waals surface area contributed by atoms with E-state index in [4.69, 9.17) is 10.5 Å². The van der Waals surface area contributed by atoms with E-state index in [9.17, 15) is 0 Å². The maximum absolute atomic E-state index is 8.92. The van der Waals surface area contributed by atoms with Gasteiger partial charge in [-0.3, -0.25) is 0 Å². The molecule has 0 N–H and O–H groups in total. The molecule has 0 fully saturated rings.